The van der Waals surface area contributed by atoms with E-state index < -0.39 is 23.8 Å². The number of amides is 1. The van der Waals surface area contributed by atoms with Crippen LogP contribution in [0.3, 0.4) is 0 Å². The average Bonchev–Trinajstić information content (AvgIpc) is 2.36. The highest BCUT2D eigenvalue weighted by Crippen LogP contribution is 2.17. The Kier molecular flexibility index (Phi) is 5.91. The van der Waals surface area contributed by atoms with Gasteiger partial charge in [-0.2, -0.15) is 0 Å². The first-order valence-corrected chi connectivity index (χ1v) is 6.21. The van der Waals surface area contributed by atoms with Gasteiger partial charge in [-0.1, -0.05) is 0 Å². The standard InChI is InChI=1S/C12H13BrFNO4/c1-19-8(5-11(16)17)6-15-12(18)9-4-7(14)2-3-10(9)13/h2-4,8H,5-6H2,1H3,(H,15,18)(H,16,17). The Balaban J connectivity index is 2.64. The second-order valence-corrected chi connectivity index (χ2v) is 4.64. The van der Waals surface area contributed by atoms with E-state index in [1.165, 1.54) is 19.2 Å². The lowest BCUT2D eigenvalue weighted by atomic mass is 10.2. The summed E-state index contributed by atoms with van der Waals surface area (Å²) < 4.78 is 18.4. The molecule has 1 amide bonds. The lowest BCUT2D eigenvalue weighted by Gasteiger charge is -2.14. The Morgan fingerprint density at radius 1 is 1.53 bits per heavy atom. The van der Waals surface area contributed by atoms with Crippen molar-refractivity contribution in [1.29, 1.82) is 0 Å². The first-order valence-electron chi connectivity index (χ1n) is 5.42. The molecule has 0 heterocycles. The maximum atomic E-state index is 13.0. The van der Waals surface area contributed by atoms with Gasteiger partial charge in [0.25, 0.3) is 5.91 Å². The summed E-state index contributed by atoms with van der Waals surface area (Å²) in [4.78, 5) is 22.3. The molecule has 0 aliphatic heterocycles. The van der Waals surface area contributed by atoms with E-state index in [4.69, 9.17) is 9.84 Å². The van der Waals surface area contributed by atoms with Crippen molar-refractivity contribution in [2.75, 3.05) is 13.7 Å². The van der Waals surface area contributed by atoms with Crippen LogP contribution in [0.2, 0.25) is 0 Å². The molecule has 5 nitrogen and oxygen atoms in total. The molecule has 1 atom stereocenters. The third-order valence-electron chi connectivity index (χ3n) is 2.40. The van der Waals surface area contributed by atoms with E-state index in [1.807, 2.05) is 0 Å². The van der Waals surface area contributed by atoms with E-state index in [1.54, 1.807) is 0 Å². The molecular weight excluding hydrogens is 321 g/mol. The zero-order chi connectivity index (χ0) is 14.4. The number of benzene rings is 1. The topological polar surface area (TPSA) is 75.6 Å². The van der Waals surface area contributed by atoms with Gasteiger partial charge in [0, 0.05) is 18.1 Å². The number of halogens is 2. The van der Waals surface area contributed by atoms with Crippen molar-refractivity contribution in [3.63, 3.8) is 0 Å². The van der Waals surface area contributed by atoms with Crippen LogP contribution in [0.1, 0.15) is 16.8 Å². The van der Waals surface area contributed by atoms with Crippen molar-refractivity contribution >= 4 is 27.8 Å². The summed E-state index contributed by atoms with van der Waals surface area (Å²) in [5.74, 6) is -2.05. The van der Waals surface area contributed by atoms with Crippen molar-refractivity contribution in [2.24, 2.45) is 0 Å². The molecule has 1 aromatic carbocycles. The molecule has 104 valence electrons. The number of methoxy groups -OCH3 is 1. The van der Waals surface area contributed by atoms with E-state index in [-0.39, 0.29) is 18.5 Å². The van der Waals surface area contributed by atoms with Crippen LogP contribution in [0.4, 0.5) is 4.39 Å². The van der Waals surface area contributed by atoms with Gasteiger partial charge in [-0.15, -0.1) is 0 Å². The summed E-state index contributed by atoms with van der Waals surface area (Å²) >= 11 is 3.14. The van der Waals surface area contributed by atoms with E-state index in [0.29, 0.717) is 4.47 Å². The lowest BCUT2D eigenvalue weighted by molar-refractivity contribution is -0.139. The maximum Gasteiger partial charge on any atom is 0.306 e. The van der Waals surface area contributed by atoms with Gasteiger partial charge in [-0.3, -0.25) is 9.59 Å². The Labute approximate surface area is 117 Å². The van der Waals surface area contributed by atoms with Crippen LogP contribution in [0.15, 0.2) is 22.7 Å². The van der Waals surface area contributed by atoms with Crippen molar-refractivity contribution in [3.8, 4) is 0 Å². The monoisotopic (exact) mass is 333 g/mol. The minimum absolute atomic E-state index is 0.0323. The number of nitrogens with one attached hydrogen (secondary N) is 1. The van der Waals surface area contributed by atoms with Crippen molar-refractivity contribution < 1.29 is 23.8 Å². The van der Waals surface area contributed by atoms with Crippen LogP contribution in [0.5, 0.6) is 0 Å². The molecule has 2 N–H and O–H groups in total. The summed E-state index contributed by atoms with van der Waals surface area (Å²) in [5.41, 5.74) is 0.144. The highest BCUT2D eigenvalue weighted by molar-refractivity contribution is 9.10. The van der Waals surface area contributed by atoms with Gasteiger partial charge in [0.1, 0.15) is 5.82 Å². The predicted molar refractivity (Wildman–Crippen MR) is 69.5 cm³/mol. The molecule has 0 radical (unpaired) electrons. The van der Waals surface area contributed by atoms with Gasteiger partial charge in [-0.25, -0.2) is 4.39 Å². The van der Waals surface area contributed by atoms with E-state index in [0.717, 1.165) is 6.07 Å². The fourth-order valence-corrected chi connectivity index (χ4v) is 1.83. The van der Waals surface area contributed by atoms with Crippen LogP contribution in [0, 0.1) is 5.82 Å². The summed E-state index contributed by atoms with van der Waals surface area (Å²) in [6.07, 6.45) is -0.852. The lowest BCUT2D eigenvalue weighted by Crippen LogP contribution is -2.34. The van der Waals surface area contributed by atoms with Crippen LogP contribution < -0.4 is 5.32 Å². The third-order valence-corrected chi connectivity index (χ3v) is 3.09. The molecular formula is C12H13BrFNO4. The number of aliphatic carboxylic acids is 1. The van der Waals surface area contributed by atoms with E-state index >= 15 is 0 Å². The number of carboxylic acids is 1. The molecule has 1 aromatic rings. The predicted octanol–water partition coefficient (Wildman–Crippen LogP) is 1.81. The Bertz CT molecular complexity index is 481. The van der Waals surface area contributed by atoms with Crippen LogP contribution in [-0.4, -0.2) is 36.7 Å². The molecule has 1 rings (SSSR count). The molecule has 0 fully saturated rings. The molecule has 0 aromatic heterocycles. The SMILES string of the molecule is COC(CNC(=O)c1cc(F)ccc1Br)CC(=O)O. The van der Waals surface area contributed by atoms with Crippen molar-refractivity contribution in [2.45, 2.75) is 12.5 Å². The molecule has 0 saturated carbocycles. The molecule has 0 bridgehead atoms. The molecule has 19 heavy (non-hydrogen) atoms. The molecule has 0 saturated heterocycles. The second kappa shape index (κ2) is 7.20. The second-order valence-electron chi connectivity index (χ2n) is 3.79. The molecule has 1 unspecified atom stereocenters. The van der Waals surface area contributed by atoms with Crippen LogP contribution in [-0.2, 0) is 9.53 Å². The summed E-state index contributed by atoms with van der Waals surface area (Å²) in [7, 11) is 1.36. The molecule has 7 heteroatoms. The number of hydrogen-bond acceptors (Lipinski definition) is 3. The normalized spacial score (nSPS) is 11.9. The Hall–Kier alpha value is -1.47. The summed E-state index contributed by atoms with van der Waals surface area (Å²) in [5, 5.41) is 11.1. The Morgan fingerprint density at radius 3 is 2.79 bits per heavy atom. The molecule has 0 spiro atoms. The number of carboxylic acid groups (broad SMARTS) is 1. The van der Waals surface area contributed by atoms with Crippen LogP contribution in [0.25, 0.3) is 0 Å². The van der Waals surface area contributed by atoms with Gasteiger partial charge >= 0.3 is 5.97 Å². The first kappa shape index (κ1) is 15.6. The smallest absolute Gasteiger partial charge is 0.306 e. The number of carbonyl (C=O) groups excluding carboxylic acids is 1. The van der Waals surface area contributed by atoms with E-state index in [9.17, 15) is 14.0 Å². The first-order chi connectivity index (χ1) is 8.93. The number of rotatable bonds is 6. The highest BCUT2D eigenvalue weighted by atomic mass is 79.9. The van der Waals surface area contributed by atoms with Gasteiger partial charge in [0.2, 0.25) is 0 Å². The zero-order valence-corrected chi connectivity index (χ0v) is 11.7. The Morgan fingerprint density at radius 2 is 2.21 bits per heavy atom. The van der Waals surface area contributed by atoms with Gasteiger partial charge in [-0.05, 0) is 34.1 Å². The van der Waals surface area contributed by atoms with Crippen molar-refractivity contribution in [1.82, 2.24) is 5.32 Å². The van der Waals surface area contributed by atoms with Crippen LogP contribution >= 0.6 is 15.9 Å². The molecule has 0 aliphatic rings. The van der Waals surface area contributed by atoms with Gasteiger partial charge in [0.05, 0.1) is 18.1 Å². The van der Waals surface area contributed by atoms with E-state index in [2.05, 4.69) is 21.2 Å². The maximum absolute atomic E-state index is 13.0. The number of hydrogen-bond donors (Lipinski definition) is 2. The fourth-order valence-electron chi connectivity index (χ4n) is 1.41. The minimum Gasteiger partial charge on any atom is -0.481 e. The summed E-state index contributed by atoms with van der Waals surface area (Å²) in [6.45, 7) is 0.0323. The minimum atomic E-state index is -1.02. The zero-order valence-electron chi connectivity index (χ0n) is 10.2. The summed E-state index contributed by atoms with van der Waals surface area (Å²) in [6, 6.07) is 3.75. The average molecular weight is 334 g/mol. The fraction of sp³-hybridized carbons (Fsp3) is 0.333. The number of carbonyl (C=O) groups is 2. The quantitative estimate of drug-likeness (QED) is 0.832. The largest absolute Gasteiger partial charge is 0.481 e. The van der Waals surface area contributed by atoms with Crippen molar-refractivity contribution in [3.05, 3.63) is 34.1 Å². The highest BCUT2D eigenvalue weighted by Gasteiger charge is 2.16. The molecule has 0 aliphatic carbocycles. The number of ether oxygens (including phenoxy) is 1. The third kappa shape index (κ3) is 4.96. The van der Waals surface area contributed by atoms with Gasteiger partial charge in [0.15, 0.2) is 0 Å². The van der Waals surface area contributed by atoms with Gasteiger partial charge < -0.3 is 15.2 Å².